The Hall–Kier alpha value is -1.72. The molecule has 0 amide bonds. The van der Waals surface area contributed by atoms with Gasteiger partial charge in [-0.2, -0.15) is 0 Å². The first-order chi connectivity index (χ1) is 12.6. The quantitative estimate of drug-likeness (QED) is 0.439. The number of carbonyl (C=O) groups excluding carboxylic acids is 2. The highest BCUT2D eigenvalue weighted by atomic mass is 16.7. The van der Waals surface area contributed by atoms with Crippen LogP contribution in [-0.2, 0) is 19.1 Å². The number of hydrogen-bond donors (Lipinski definition) is 0. The standard InChI is InChI=1S/C21H24O5/c1-13(22)21-16-8-4-3-7-15(16)20(24-10-11-25-20)12-17(21)14-6-2-5-9-18(14)26-19(21)23/h2,5-6,9,15-17H,3-4,7-8,10-12H2,1H3. The van der Waals surface area contributed by atoms with Gasteiger partial charge in [-0.25, -0.2) is 0 Å². The largest absolute Gasteiger partial charge is 0.425 e. The molecule has 2 heterocycles. The van der Waals surface area contributed by atoms with Crippen molar-refractivity contribution in [1.29, 1.82) is 0 Å². The molecule has 1 aromatic carbocycles. The van der Waals surface area contributed by atoms with Gasteiger partial charge in [-0.3, -0.25) is 9.59 Å². The molecule has 0 bridgehead atoms. The molecule has 2 aliphatic heterocycles. The number of rotatable bonds is 1. The van der Waals surface area contributed by atoms with Crippen molar-refractivity contribution in [2.24, 2.45) is 17.3 Å². The lowest BCUT2D eigenvalue weighted by Crippen LogP contribution is -2.65. The van der Waals surface area contributed by atoms with Gasteiger partial charge in [0.1, 0.15) is 16.9 Å². The third-order valence-corrected chi connectivity index (χ3v) is 7.15. The van der Waals surface area contributed by atoms with Gasteiger partial charge in [-0.1, -0.05) is 31.0 Å². The van der Waals surface area contributed by atoms with Crippen molar-refractivity contribution in [3.8, 4) is 5.75 Å². The molecule has 5 heteroatoms. The summed E-state index contributed by atoms with van der Waals surface area (Å²) < 4.78 is 18.1. The molecule has 4 atom stereocenters. The first-order valence-electron chi connectivity index (χ1n) is 9.70. The van der Waals surface area contributed by atoms with Crippen LogP contribution in [0.2, 0.25) is 0 Å². The van der Waals surface area contributed by atoms with E-state index in [9.17, 15) is 9.59 Å². The Morgan fingerprint density at radius 2 is 1.77 bits per heavy atom. The molecule has 138 valence electrons. The van der Waals surface area contributed by atoms with Crippen LogP contribution in [0.4, 0.5) is 0 Å². The zero-order valence-corrected chi connectivity index (χ0v) is 15.0. The van der Waals surface area contributed by atoms with Gasteiger partial charge >= 0.3 is 5.97 Å². The van der Waals surface area contributed by atoms with Crippen molar-refractivity contribution in [2.75, 3.05) is 13.2 Å². The normalized spacial score (nSPS) is 37.4. The van der Waals surface area contributed by atoms with E-state index in [2.05, 4.69) is 0 Å². The smallest absolute Gasteiger partial charge is 0.325 e. The fraction of sp³-hybridized carbons (Fsp3) is 0.619. The van der Waals surface area contributed by atoms with Crippen LogP contribution in [0.5, 0.6) is 5.75 Å². The zero-order valence-electron chi connectivity index (χ0n) is 15.0. The second kappa shape index (κ2) is 5.64. The first kappa shape index (κ1) is 16.5. The summed E-state index contributed by atoms with van der Waals surface area (Å²) in [6.45, 7) is 2.71. The van der Waals surface area contributed by atoms with Crippen molar-refractivity contribution in [2.45, 2.75) is 50.7 Å². The van der Waals surface area contributed by atoms with Crippen molar-refractivity contribution in [3.05, 3.63) is 29.8 Å². The minimum atomic E-state index is -1.11. The van der Waals surface area contributed by atoms with E-state index in [0.29, 0.717) is 25.4 Å². The Balaban J connectivity index is 1.73. The van der Waals surface area contributed by atoms with E-state index in [-0.39, 0.29) is 29.5 Å². The van der Waals surface area contributed by atoms with E-state index >= 15 is 0 Å². The Morgan fingerprint density at radius 1 is 1.08 bits per heavy atom. The fourth-order valence-electron chi connectivity index (χ4n) is 6.20. The van der Waals surface area contributed by atoms with Gasteiger partial charge in [-0.15, -0.1) is 0 Å². The highest BCUT2D eigenvalue weighted by Crippen LogP contribution is 2.65. The Kier molecular flexibility index (Phi) is 3.57. The minimum absolute atomic E-state index is 0.0664. The molecule has 2 saturated carbocycles. The number of ether oxygens (including phenoxy) is 3. The van der Waals surface area contributed by atoms with Gasteiger partial charge in [0, 0.05) is 18.3 Å². The number of benzene rings is 1. The van der Waals surface area contributed by atoms with Gasteiger partial charge in [0.25, 0.3) is 0 Å². The zero-order chi connectivity index (χ0) is 17.9. The molecule has 0 N–H and O–H groups in total. The third kappa shape index (κ3) is 1.93. The SMILES string of the molecule is CC(=O)C12C(=O)Oc3ccccc3C1CC1(OCCO1)C1CCCCC12. The van der Waals surface area contributed by atoms with Crippen LogP contribution in [0.15, 0.2) is 24.3 Å². The minimum Gasteiger partial charge on any atom is -0.425 e. The van der Waals surface area contributed by atoms with Crippen LogP contribution >= 0.6 is 0 Å². The number of fused-ring (bicyclic) bond motifs is 6. The molecule has 5 nitrogen and oxygen atoms in total. The number of ketones is 1. The predicted octanol–water partition coefficient (Wildman–Crippen LogP) is 3.22. The van der Waals surface area contributed by atoms with Crippen molar-refractivity contribution >= 4 is 11.8 Å². The third-order valence-electron chi connectivity index (χ3n) is 7.15. The fourth-order valence-corrected chi connectivity index (χ4v) is 6.20. The van der Waals surface area contributed by atoms with Crippen LogP contribution in [0.3, 0.4) is 0 Å². The van der Waals surface area contributed by atoms with Crippen molar-refractivity contribution < 1.29 is 23.8 Å². The lowest BCUT2D eigenvalue weighted by Gasteiger charge is -2.58. The van der Waals surface area contributed by atoms with E-state index in [0.717, 1.165) is 31.2 Å². The Bertz CT molecular complexity index is 765. The maximum Gasteiger partial charge on any atom is 0.325 e. The summed E-state index contributed by atoms with van der Waals surface area (Å²) in [4.78, 5) is 26.3. The van der Waals surface area contributed by atoms with E-state index in [4.69, 9.17) is 14.2 Å². The van der Waals surface area contributed by atoms with E-state index in [1.54, 1.807) is 6.92 Å². The topological polar surface area (TPSA) is 61.8 Å². The molecule has 0 radical (unpaired) electrons. The predicted molar refractivity (Wildman–Crippen MR) is 92.6 cm³/mol. The second-order valence-corrected chi connectivity index (χ2v) is 8.12. The molecule has 5 rings (SSSR count). The van der Waals surface area contributed by atoms with Gasteiger partial charge in [0.15, 0.2) is 5.79 Å². The Labute approximate surface area is 153 Å². The van der Waals surface area contributed by atoms with E-state index < -0.39 is 11.2 Å². The summed E-state index contributed by atoms with van der Waals surface area (Å²) in [6, 6.07) is 7.60. The van der Waals surface area contributed by atoms with Crippen LogP contribution in [0.1, 0.15) is 50.5 Å². The van der Waals surface area contributed by atoms with Gasteiger partial charge in [-0.05, 0) is 37.3 Å². The van der Waals surface area contributed by atoms with Gasteiger partial charge < -0.3 is 14.2 Å². The molecule has 1 aromatic rings. The molecule has 1 saturated heterocycles. The maximum absolute atomic E-state index is 13.3. The number of para-hydroxylation sites is 1. The van der Waals surface area contributed by atoms with Crippen molar-refractivity contribution in [3.63, 3.8) is 0 Å². The van der Waals surface area contributed by atoms with Crippen LogP contribution < -0.4 is 4.74 Å². The maximum atomic E-state index is 13.3. The summed E-state index contributed by atoms with van der Waals surface area (Å²) in [5, 5.41) is 0. The lowest BCUT2D eigenvalue weighted by molar-refractivity contribution is -0.259. The molecule has 2 aliphatic carbocycles. The number of carbonyl (C=O) groups is 2. The molecule has 4 aliphatic rings. The lowest BCUT2D eigenvalue weighted by atomic mass is 9.48. The number of Topliss-reactive ketones (excluding diaryl/α,β-unsaturated/α-hetero) is 1. The average Bonchev–Trinajstić information content (AvgIpc) is 3.11. The average molecular weight is 356 g/mol. The van der Waals surface area contributed by atoms with E-state index in [1.807, 2.05) is 24.3 Å². The summed E-state index contributed by atoms with van der Waals surface area (Å²) in [7, 11) is 0. The summed E-state index contributed by atoms with van der Waals surface area (Å²) >= 11 is 0. The molecule has 0 aromatic heterocycles. The van der Waals surface area contributed by atoms with Crippen LogP contribution in [-0.4, -0.2) is 30.8 Å². The monoisotopic (exact) mass is 356 g/mol. The van der Waals surface area contributed by atoms with Crippen LogP contribution in [0.25, 0.3) is 0 Å². The number of esters is 1. The van der Waals surface area contributed by atoms with Gasteiger partial charge in [0.2, 0.25) is 0 Å². The van der Waals surface area contributed by atoms with E-state index in [1.165, 1.54) is 0 Å². The molecule has 3 fully saturated rings. The summed E-state index contributed by atoms with van der Waals surface area (Å²) in [6.07, 6.45) is 4.42. The molecular formula is C21H24O5. The number of hydrogen-bond acceptors (Lipinski definition) is 5. The Morgan fingerprint density at radius 3 is 2.50 bits per heavy atom. The highest BCUT2D eigenvalue weighted by molar-refractivity contribution is 6.06. The molecular weight excluding hydrogens is 332 g/mol. The highest BCUT2D eigenvalue weighted by Gasteiger charge is 2.70. The van der Waals surface area contributed by atoms with Crippen molar-refractivity contribution in [1.82, 2.24) is 0 Å². The summed E-state index contributed by atoms with van der Waals surface area (Å²) in [5.74, 6) is -0.829. The summed E-state index contributed by atoms with van der Waals surface area (Å²) in [5.41, 5.74) is -0.176. The first-order valence-corrected chi connectivity index (χ1v) is 9.70. The van der Waals surface area contributed by atoms with Crippen LogP contribution in [0, 0.1) is 17.3 Å². The van der Waals surface area contributed by atoms with Gasteiger partial charge in [0.05, 0.1) is 13.2 Å². The molecule has 4 unspecified atom stereocenters. The molecule has 1 spiro atoms. The molecule has 26 heavy (non-hydrogen) atoms. The second-order valence-electron chi connectivity index (χ2n) is 8.12.